The van der Waals surface area contributed by atoms with Crippen LogP contribution in [0.2, 0.25) is 0 Å². The van der Waals surface area contributed by atoms with Crippen LogP contribution < -0.4 is 11.6 Å². The van der Waals surface area contributed by atoms with Gasteiger partial charge in [0, 0.05) is 26.2 Å². The minimum absolute atomic E-state index is 0.248. The molecule has 8 heteroatoms. The quantitative estimate of drug-likeness (QED) is 0.225. The number of rotatable bonds is 1. The summed E-state index contributed by atoms with van der Waals surface area (Å²) in [4.78, 5) is 1.75. The van der Waals surface area contributed by atoms with E-state index in [2.05, 4.69) is 5.10 Å². The van der Waals surface area contributed by atoms with Gasteiger partial charge in [-0.3, -0.25) is 0 Å². The minimum atomic E-state index is -3.09. The van der Waals surface area contributed by atoms with Crippen LogP contribution in [-0.2, 0) is 10.0 Å². The summed E-state index contributed by atoms with van der Waals surface area (Å²) in [5.41, 5.74) is 5.49. The summed E-state index contributed by atoms with van der Waals surface area (Å²) in [6.45, 7) is 1.91. The van der Waals surface area contributed by atoms with Crippen LogP contribution in [0.25, 0.3) is 0 Å². The second-order valence-electron chi connectivity index (χ2n) is 3.14. The molecule has 1 saturated heterocycles. The first-order valence-corrected chi connectivity index (χ1v) is 6.03. The SMILES string of the molecule is CS(=O)(=O)N1CCN(C(N)=NN)CC1. The summed E-state index contributed by atoms with van der Waals surface area (Å²) in [5.74, 6) is 5.26. The Hall–Kier alpha value is -1.02. The molecule has 0 atom stereocenters. The fraction of sp³-hybridized carbons (Fsp3) is 0.833. The standard InChI is InChI=1S/C6H15N5O2S/c1-14(12,13)11-4-2-10(3-5-11)6(7)9-8/h2-5,8H2,1H3,(H2,7,9). The molecule has 4 N–H and O–H groups in total. The third kappa shape index (κ3) is 2.48. The first-order valence-electron chi connectivity index (χ1n) is 4.18. The highest BCUT2D eigenvalue weighted by Crippen LogP contribution is 2.04. The van der Waals surface area contributed by atoms with Gasteiger partial charge in [-0.05, 0) is 0 Å². The van der Waals surface area contributed by atoms with Gasteiger partial charge in [0.2, 0.25) is 16.0 Å². The van der Waals surface area contributed by atoms with Crippen molar-refractivity contribution in [3.05, 3.63) is 0 Å². The summed E-state index contributed by atoms with van der Waals surface area (Å²) >= 11 is 0. The highest BCUT2D eigenvalue weighted by Gasteiger charge is 2.23. The molecule has 0 bridgehead atoms. The van der Waals surface area contributed by atoms with Crippen LogP contribution in [0.15, 0.2) is 5.10 Å². The number of nitrogens with zero attached hydrogens (tertiary/aromatic N) is 3. The van der Waals surface area contributed by atoms with E-state index in [0.29, 0.717) is 26.2 Å². The average molecular weight is 221 g/mol. The zero-order valence-electron chi connectivity index (χ0n) is 8.05. The molecule has 0 unspecified atom stereocenters. The first kappa shape index (κ1) is 11.1. The molecule has 1 aliphatic heterocycles. The van der Waals surface area contributed by atoms with Crippen LogP contribution in [0.5, 0.6) is 0 Å². The molecule has 1 heterocycles. The van der Waals surface area contributed by atoms with Gasteiger partial charge in [-0.1, -0.05) is 0 Å². The lowest BCUT2D eigenvalue weighted by atomic mass is 10.4. The Bertz CT molecular complexity index is 317. The average Bonchev–Trinajstić information content (AvgIpc) is 2.15. The minimum Gasteiger partial charge on any atom is -0.368 e. The van der Waals surface area contributed by atoms with E-state index in [0.717, 1.165) is 0 Å². The van der Waals surface area contributed by atoms with Crippen molar-refractivity contribution in [1.82, 2.24) is 9.21 Å². The van der Waals surface area contributed by atoms with Crippen LogP contribution in [0.1, 0.15) is 0 Å². The van der Waals surface area contributed by atoms with Gasteiger partial charge >= 0.3 is 0 Å². The monoisotopic (exact) mass is 221 g/mol. The number of piperazine rings is 1. The van der Waals surface area contributed by atoms with Crippen molar-refractivity contribution in [2.24, 2.45) is 16.7 Å². The van der Waals surface area contributed by atoms with E-state index in [4.69, 9.17) is 11.6 Å². The van der Waals surface area contributed by atoms with Crippen molar-refractivity contribution >= 4 is 16.0 Å². The van der Waals surface area contributed by atoms with Crippen LogP contribution in [-0.4, -0.2) is 56.0 Å². The third-order valence-electron chi connectivity index (χ3n) is 2.16. The van der Waals surface area contributed by atoms with E-state index < -0.39 is 10.0 Å². The Morgan fingerprint density at radius 3 is 2.14 bits per heavy atom. The van der Waals surface area contributed by atoms with E-state index in [1.807, 2.05) is 0 Å². The number of hydrazone groups is 1. The zero-order valence-corrected chi connectivity index (χ0v) is 8.87. The smallest absolute Gasteiger partial charge is 0.213 e. The van der Waals surface area contributed by atoms with Crippen LogP contribution in [0.4, 0.5) is 0 Å². The Labute approximate surface area is 83.4 Å². The van der Waals surface area contributed by atoms with Crippen LogP contribution >= 0.6 is 0 Å². The van der Waals surface area contributed by atoms with Gasteiger partial charge in [-0.2, -0.15) is 4.31 Å². The van der Waals surface area contributed by atoms with E-state index in [1.165, 1.54) is 10.6 Å². The number of guanidine groups is 1. The summed E-state index contributed by atoms with van der Waals surface area (Å²) in [5, 5.41) is 3.35. The van der Waals surface area contributed by atoms with Gasteiger partial charge in [0.25, 0.3) is 0 Å². The lowest BCUT2D eigenvalue weighted by Gasteiger charge is -2.33. The number of nitrogens with two attached hydrogens (primary N) is 2. The highest BCUT2D eigenvalue weighted by molar-refractivity contribution is 7.88. The fourth-order valence-electron chi connectivity index (χ4n) is 1.33. The summed E-state index contributed by atoms with van der Waals surface area (Å²) in [6, 6.07) is 0. The molecular weight excluding hydrogens is 206 g/mol. The van der Waals surface area contributed by atoms with E-state index >= 15 is 0 Å². The maximum absolute atomic E-state index is 11.2. The summed E-state index contributed by atoms with van der Waals surface area (Å²) in [6.07, 6.45) is 1.20. The molecule has 1 aliphatic rings. The van der Waals surface area contributed by atoms with E-state index in [-0.39, 0.29) is 5.96 Å². The maximum Gasteiger partial charge on any atom is 0.213 e. The Kier molecular flexibility index (Phi) is 3.17. The maximum atomic E-state index is 11.2. The van der Waals surface area contributed by atoms with E-state index in [1.54, 1.807) is 4.90 Å². The molecule has 0 aromatic rings. The molecule has 7 nitrogen and oxygen atoms in total. The predicted molar refractivity (Wildman–Crippen MR) is 53.8 cm³/mol. The van der Waals surface area contributed by atoms with Crippen LogP contribution in [0.3, 0.4) is 0 Å². The molecule has 1 fully saturated rings. The number of hydrogen-bond donors (Lipinski definition) is 2. The molecule has 82 valence electrons. The van der Waals surface area contributed by atoms with Crippen molar-refractivity contribution in [2.75, 3.05) is 32.4 Å². The molecule has 0 spiro atoms. The second kappa shape index (κ2) is 4.01. The van der Waals surface area contributed by atoms with Crippen molar-refractivity contribution in [1.29, 1.82) is 0 Å². The largest absolute Gasteiger partial charge is 0.368 e. The lowest BCUT2D eigenvalue weighted by Crippen LogP contribution is -2.52. The van der Waals surface area contributed by atoms with Crippen molar-refractivity contribution in [3.8, 4) is 0 Å². The second-order valence-corrected chi connectivity index (χ2v) is 5.12. The van der Waals surface area contributed by atoms with Crippen molar-refractivity contribution in [2.45, 2.75) is 0 Å². The van der Waals surface area contributed by atoms with E-state index in [9.17, 15) is 8.42 Å². The molecule has 1 rings (SSSR count). The van der Waals surface area contributed by atoms with Gasteiger partial charge in [0.05, 0.1) is 6.26 Å². The molecule has 0 amide bonds. The summed E-state index contributed by atoms with van der Waals surface area (Å²) in [7, 11) is -3.09. The zero-order chi connectivity index (χ0) is 10.8. The molecule has 0 aromatic carbocycles. The highest BCUT2D eigenvalue weighted by atomic mass is 32.2. The van der Waals surface area contributed by atoms with Crippen molar-refractivity contribution < 1.29 is 8.42 Å². The van der Waals surface area contributed by atoms with Gasteiger partial charge in [-0.15, -0.1) is 5.10 Å². The van der Waals surface area contributed by atoms with Gasteiger partial charge in [0.15, 0.2) is 0 Å². The fourth-order valence-corrected chi connectivity index (χ4v) is 2.16. The number of hydrogen-bond acceptors (Lipinski definition) is 4. The van der Waals surface area contributed by atoms with Gasteiger partial charge < -0.3 is 16.5 Å². The lowest BCUT2D eigenvalue weighted by molar-refractivity contribution is 0.265. The molecule has 0 radical (unpaired) electrons. The molecule has 14 heavy (non-hydrogen) atoms. The Morgan fingerprint density at radius 2 is 1.79 bits per heavy atom. The normalized spacial score (nSPS) is 21.2. The third-order valence-corrected chi connectivity index (χ3v) is 3.47. The molecule has 0 aromatic heterocycles. The first-order chi connectivity index (χ1) is 6.45. The van der Waals surface area contributed by atoms with Crippen molar-refractivity contribution in [3.63, 3.8) is 0 Å². The predicted octanol–water partition coefficient (Wildman–Crippen LogP) is -2.25. The van der Waals surface area contributed by atoms with Gasteiger partial charge in [0.1, 0.15) is 0 Å². The molecule has 0 saturated carbocycles. The molecular formula is C6H15N5O2S. The topological polar surface area (TPSA) is 105 Å². The Balaban J connectivity index is 2.55. The van der Waals surface area contributed by atoms with Crippen LogP contribution in [0, 0.1) is 0 Å². The number of sulfonamides is 1. The van der Waals surface area contributed by atoms with Gasteiger partial charge in [-0.25, -0.2) is 8.42 Å². The molecule has 0 aliphatic carbocycles. The summed E-state index contributed by atoms with van der Waals surface area (Å²) < 4.78 is 23.7. The Morgan fingerprint density at radius 1 is 1.29 bits per heavy atom.